The van der Waals surface area contributed by atoms with Crippen molar-refractivity contribution in [1.82, 2.24) is 19.5 Å². The van der Waals surface area contributed by atoms with Crippen molar-refractivity contribution in [3.63, 3.8) is 0 Å². The van der Waals surface area contributed by atoms with E-state index in [1.54, 1.807) is 58.0 Å². The standard InChI is InChI=1S/C23H30N5O8PS/c1-14(2)35-37(31,36-15(3)4)13-32-17(10-29)19(34-23(38)33-16-8-6-5-7-9-16)22(30)28-12-27-18-20(24)25-11-26-21(18)28/h5-9,11-12,14-15,17,19,29H,10,13H2,1-4H3,(H2,24,25,26)/t17-,19+/m0/s1. The van der Waals surface area contributed by atoms with E-state index in [1.165, 1.54) is 12.7 Å². The quantitative estimate of drug-likeness (QED) is 0.242. The number of aliphatic hydroxyl groups excluding tert-OH is 1. The van der Waals surface area contributed by atoms with Crippen LogP contribution in [0, 0.1) is 0 Å². The third kappa shape index (κ3) is 7.76. The van der Waals surface area contributed by atoms with Gasteiger partial charge in [0, 0.05) is 12.2 Å². The van der Waals surface area contributed by atoms with Crippen LogP contribution in [0.1, 0.15) is 32.5 Å². The van der Waals surface area contributed by atoms with Gasteiger partial charge in [0.25, 0.3) is 5.91 Å². The van der Waals surface area contributed by atoms with Crippen molar-refractivity contribution in [3.05, 3.63) is 43.0 Å². The van der Waals surface area contributed by atoms with E-state index >= 15 is 0 Å². The maximum Gasteiger partial charge on any atom is 0.358 e. The molecular weight excluding hydrogens is 537 g/mol. The summed E-state index contributed by atoms with van der Waals surface area (Å²) in [6.07, 6.45) is -2.08. The number of hydrogen-bond acceptors (Lipinski definition) is 13. The number of fused-ring (bicyclic) bond motifs is 1. The van der Waals surface area contributed by atoms with Crippen LogP contribution in [0.4, 0.5) is 5.82 Å². The minimum Gasteiger partial charge on any atom is -0.440 e. The number of anilines is 1. The van der Waals surface area contributed by atoms with Crippen molar-refractivity contribution < 1.29 is 37.7 Å². The lowest BCUT2D eigenvalue weighted by Crippen LogP contribution is -2.45. The van der Waals surface area contributed by atoms with Crippen molar-refractivity contribution in [2.45, 2.75) is 52.1 Å². The number of rotatable bonds is 12. The number of nitrogen functional groups attached to an aromatic ring is 1. The van der Waals surface area contributed by atoms with Gasteiger partial charge in [-0.2, -0.15) is 0 Å². The Labute approximate surface area is 224 Å². The third-order valence-corrected chi connectivity index (χ3v) is 6.85. The molecule has 0 fully saturated rings. The fourth-order valence-electron chi connectivity index (χ4n) is 3.30. The first-order valence-corrected chi connectivity index (χ1v) is 13.8. The van der Waals surface area contributed by atoms with Crippen LogP contribution in [0.15, 0.2) is 43.0 Å². The summed E-state index contributed by atoms with van der Waals surface area (Å²) in [6, 6.07) is 8.51. The molecule has 0 radical (unpaired) electrons. The normalized spacial score (nSPS) is 13.6. The third-order valence-electron chi connectivity index (χ3n) is 4.72. The molecule has 0 aliphatic heterocycles. The minimum absolute atomic E-state index is 0.0644. The summed E-state index contributed by atoms with van der Waals surface area (Å²) in [5.74, 6) is -0.346. The molecule has 0 spiro atoms. The molecule has 2 atom stereocenters. The first-order chi connectivity index (χ1) is 18.0. The predicted molar refractivity (Wildman–Crippen MR) is 142 cm³/mol. The number of ether oxygens (including phenoxy) is 3. The van der Waals surface area contributed by atoms with E-state index in [0.29, 0.717) is 5.75 Å². The average Bonchev–Trinajstić information content (AvgIpc) is 3.28. The SMILES string of the molecule is CC(C)OP(=O)(CO[C@@H](CO)[C@@H](OC(=S)Oc1ccccc1)C(=O)n1cnc2c(N)ncnc21)OC(C)C. The van der Waals surface area contributed by atoms with Gasteiger partial charge in [-0.3, -0.25) is 9.36 Å². The Bertz CT molecular complexity index is 1280. The number of carbonyl (C=O) groups excluding carboxylic acids is 1. The van der Waals surface area contributed by atoms with E-state index in [0.717, 1.165) is 4.57 Å². The molecule has 15 heteroatoms. The van der Waals surface area contributed by atoms with Crippen molar-refractivity contribution >= 4 is 47.9 Å². The fraction of sp³-hybridized carbons (Fsp3) is 0.435. The molecule has 13 nitrogen and oxygen atoms in total. The summed E-state index contributed by atoms with van der Waals surface area (Å²) < 4.78 is 42.2. The number of aromatic nitrogens is 4. The van der Waals surface area contributed by atoms with Gasteiger partial charge in [0.1, 0.15) is 30.9 Å². The number of benzene rings is 1. The molecule has 38 heavy (non-hydrogen) atoms. The molecule has 206 valence electrons. The smallest absolute Gasteiger partial charge is 0.358 e. The second-order valence-corrected chi connectivity index (χ2v) is 10.8. The number of imidazole rings is 1. The molecule has 3 N–H and O–H groups in total. The van der Waals surface area contributed by atoms with E-state index in [-0.39, 0.29) is 17.0 Å². The first kappa shape index (κ1) is 29.6. The first-order valence-electron chi connectivity index (χ1n) is 11.6. The molecule has 2 heterocycles. The number of carbonyl (C=O) groups is 1. The Balaban J connectivity index is 1.91. The fourth-order valence-corrected chi connectivity index (χ4v) is 5.33. The van der Waals surface area contributed by atoms with Gasteiger partial charge in [-0.25, -0.2) is 19.5 Å². The number of nitrogens with two attached hydrogens (primary N) is 1. The van der Waals surface area contributed by atoms with Gasteiger partial charge in [-0.05, 0) is 39.8 Å². The zero-order valence-electron chi connectivity index (χ0n) is 21.3. The number of nitrogens with zero attached hydrogens (tertiary/aromatic N) is 4. The molecule has 0 saturated heterocycles. The van der Waals surface area contributed by atoms with E-state index < -0.39 is 56.1 Å². The minimum atomic E-state index is -3.78. The van der Waals surface area contributed by atoms with Crippen molar-refractivity contribution in [3.8, 4) is 5.75 Å². The summed E-state index contributed by atoms with van der Waals surface area (Å²) in [5, 5.41) is 9.76. The van der Waals surface area contributed by atoms with Gasteiger partial charge in [-0.1, -0.05) is 18.2 Å². The summed E-state index contributed by atoms with van der Waals surface area (Å²) >= 11 is 5.21. The second kappa shape index (κ2) is 13.2. The second-order valence-electron chi connectivity index (χ2n) is 8.52. The Morgan fingerprint density at radius 1 is 1.11 bits per heavy atom. The highest BCUT2D eigenvalue weighted by molar-refractivity contribution is 7.79. The topological polar surface area (TPSA) is 170 Å². The Hall–Kier alpha value is -3.00. The van der Waals surface area contributed by atoms with Crippen LogP contribution in [-0.4, -0.2) is 73.1 Å². The average molecular weight is 568 g/mol. The lowest BCUT2D eigenvalue weighted by molar-refractivity contribution is -0.0451. The maximum absolute atomic E-state index is 13.7. The molecule has 0 aliphatic carbocycles. The zero-order valence-corrected chi connectivity index (χ0v) is 23.0. The van der Waals surface area contributed by atoms with Crippen molar-refractivity contribution in [2.75, 3.05) is 18.7 Å². The highest BCUT2D eigenvalue weighted by Crippen LogP contribution is 2.50. The summed E-state index contributed by atoms with van der Waals surface area (Å²) in [4.78, 5) is 25.7. The largest absolute Gasteiger partial charge is 0.440 e. The molecular formula is C23H30N5O8PS. The predicted octanol–water partition coefficient (Wildman–Crippen LogP) is 3.18. The summed E-state index contributed by atoms with van der Waals surface area (Å²) in [7, 11) is -3.78. The van der Waals surface area contributed by atoms with E-state index in [1.807, 2.05) is 0 Å². The van der Waals surface area contributed by atoms with E-state index in [9.17, 15) is 14.5 Å². The monoisotopic (exact) mass is 567 g/mol. The molecule has 2 aromatic heterocycles. The van der Waals surface area contributed by atoms with Gasteiger partial charge in [0.15, 0.2) is 17.0 Å². The van der Waals surface area contributed by atoms with Crippen LogP contribution >= 0.6 is 19.8 Å². The molecule has 0 bridgehead atoms. The van der Waals surface area contributed by atoms with Gasteiger partial charge in [0.05, 0.1) is 18.8 Å². The highest BCUT2D eigenvalue weighted by Gasteiger charge is 2.38. The van der Waals surface area contributed by atoms with Crippen LogP contribution in [0.5, 0.6) is 5.75 Å². The lowest BCUT2D eigenvalue weighted by Gasteiger charge is -2.28. The zero-order chi connectivity index (χ0) is 27.9. The molecule has 3 aromatic rings. The van der Waals surface area contributed by atoms with Crippen LogP contribution in [0.3, 0.4) is 0 Å². The van der Waals surface area contributed by atoms with Crippen LogP contribution in [-0.2, 0) is 23.1 Å². The summed E-state index contributed by atoms with van der Waals surface area (Å²) in [5.41, 5.74) is 6.12. The van der Waals surface area contributed by atoms with Gasteiger partial charge >= 0.3 is 12.8 Å². The molecule has 0 unspecified atom stereocenters. The van der Waals surface area contributed by atoms with E-state index in [2.05, 4.69) is 15.0 Å². The van der Waals surface area contributed by atoms with Gasteiger partial charge < -0.3 is 34.1 Å². The Kier molecular flexibility index (Phi) is 10.3. The highest BCUT2D eigenvalue weighted by atomic mass is 32.1. The molecule has 3 rings (SSSR count). The Morgan fingerprint density at radius 2 is 1.76 bits per heavy atom. The van der Waals surface area contributed by atoms with Crippen molar-refractivity contribution in [2.24, 2.45) is 0 Å². The van der Waals surface area contributed by atoms with Crippen molar-refractivity contribution in [1.29, 1.82) is 0 Å². The van der Waals surface area contributed by atoms with Crippen LogP contribution < -0.4 is 10.5 Å². The maximum atomic E-state index is 13.7. The molecule has 1 aromatic carbocycles. The molecule has 0 amide bonds. The number of aliphatic hydroxyl groups is 1. The lowest BCUT2D eigenvalue weighted by atomic mass is 10.2. The molecule has 0 aliphatic rings. The Morgan fingerprint density at radius 3 is 2.37 bits per heavy atom. The van der Waals surface area contributed by atoms with Crippen LogP contribution in [0.25, 0.3) is 11.2 Å². The molecule has 0 saturated carbocycles. The van der Waals surface area contributed by atoms with E-state index in [4.69, 9.17) is 41.2 Å². The number of hydrogen-bond donors (Lipinski definition) is 2. The van der Waals surface area contributed by atoms with Crippen LogP contribution in [0.2, 0.25) is 0 Å². The number of para-hydroxylation sites is 1. The van der Waals surface area contributed by atoms with Gasteiger partial charge in [0.2, 0.25) is 6.10 Å². The van der Waals surface area contributed by atoms with Gasteiger partial charge in [-0.15, -0.1) is 0 Å². The number of thiocarbonyl (C=S) groups is 1. The summed E-state index contributed by atoms with van der Waals surface area (Å²) in [6.45, 7) is 6.02.